The Balaban J connectivity index is 1.78. The summed E-state index contributed by atoms with van der Waals surface area (Å²) in [4.78, 5) is 0. The molecule has 68 valence electrons. The molecule has 1 fully saturated rings. The highest BCUT2D eigenvalue weighted by Gasteiger charge is 2.31. The van der Waals surface area contributed by atoms with E-state index < -0.39 is 0 Å². The Kier molecular flexibility index (Phi) is 2.53. The highest BCUT2D eigenvalue weighted by Crippen LogP contribution is 2.45. The summed E-state index contributed by atoms with van der Waals surface area (Å²) in [5.41, 5.74) is 1.82. The molecule has 0 heterocycles. The van der Waals surface area contributed by atoms with E-state index in [2.05, 4.69) is 13.0 Å². The summed E-state index contributed by atoms with van der Waals surface area (Å²) in [7, 11) is 0. The van der Waals surface area contributed by atoms with Gasteiger partial charge in [-0.2, -0.15) is 0 Å². The van der Waals surface area contributed by atoms with Gasteiger partial charge in [-0.3, -0.25) is 0 Å². The third-order valence-electron chi connectivity index (χ3n) is 3.52. The minimum Gasteiger partial charge on any atom is -0.0819 e. The van der Waals surface area contributed by atoms with Gasteiger partial charge in [-0.1, -0.05) is 31.4 Å². The summed E-state index contributed by atoms with van der Waals surface area (Å²) >= 11 is 0. The lowest BCUT2D eigenvalue weighted by molar-refractivity contribution is 0.598. The van der Waals surface area contributed by atoms with E-state index in [1.165, 1.54) is 44.9 Å². The van der Waals surface area contributed by atoms with Gasteiger partial charge in [0, 0.05) is 0 Å². The molecule has 0 aromatic carbocycles. The normalized spacial score (nSPS) is 32.6. The van der Waals surface area contributed by atoms with Gasteiger partial charge in [0.25, 0.3) is 0 Å². The molecule has 0 nitrogen and oxygen atoms in total. The summed E-state index contributed by atoms with van der Waals surface area (Å²) in [5, 5.41) is 0. The Morgan fingerprint density at radius 2 is 2.25 bits per heavy atom. The number of hydrogen-bond donors (Lipinski definition) is 0. The Labute approximate surface area is 76.1 Å². The molecule has 2 bridgehead atoms. The molecule has 12 heavy (non-hydrogen) atoms. The summed E-state index contributed by atoms with van der Waals surface area (Å²) in [6.45, 7) is 2.29. The second-order valence-electron chi connectivity index (χ2n) is 4.47. The molecule has 2 aliphatic rings. The van der Waals surface area contributed by atoms with Crippen molar-refractivity contribution in [3.63, 3.8) is 0 Å². The fraction of sp³-hybridized carbons (Fsp3) is 0.833. The van der Waals surface area contributed by atoms with E-state index in [4.69, 9.17) is 0 Å². The molecule has 0 radical (unpaired) electrons. The zero-order valence-electron chi connectivity index (χ0n) is 8.18. The van der Waals surface area contributed by atoms with Gasteiger partial charge in [0.15, 0.2) is 0 Å². The van der Waals surface area contributed by atoms with Gasteiger partial charge < -0.3 is 0 Å². The first-order valence-electron chi connectivity index (χ1n) is 5.60. The van der Waals surface area contributed by atoms with Gasteiger partial charge in [0.05, 0.1) is 0 Å². The van der Waals surface area contributed by atoms with E-state index in [1.807, 2.05) is 5.57 Å². The Morgan fingerprint density at radius 3 is 2.83 bits per heavy atom. The lowest BCUT2D eigenvalue weighted by Gasteiger charge is -2.12. The summed E-state index contributed by atoms with van der Waals surface area (Å²) in [6.07, 6.45) is 12.7. The number of hydrogen-bond acceptors (Lipinski definition) is 0. The predicted molar refractivity (Wildman–Crippen MR) is 53.1 cm³/mol. The quantitative estimate of drug-likeness (QED) is 0.436. The fourth-order valence-electron chi connectivity index (χ4n) is 2.81. The van der Waals surface area contributed by atoms with Gasteiger partial charge in [-0.15, -0.1) is 0 Å². The summed E-state index contributed by atoms with van der Waals surface area (Å²) in [5.74, 6) is 2.01. The van der Waals surface area contributed by atoms with E-state index >= 15 is 0 Å². The van der Waals surface area contributed by atoms with Crippen LogP contribution in [0.25, 0.3) is 0 Å². The Morgan fingerprint density at radius 1 is 1.33 bits per heavy atom. The van der Waals surface area contributed by atoms with E-state index in [0.717, 1.165) is 11.8 Å². The number of fused-ring (bicyclic) bond motifs is 2. The van der Waals surface area contributed by atoms with Gasteiger partial charge in [0.1, 0.15) is 0 Å². The predicted octanol–water partition coefficient (Wildman–Crippen LogP) is 3.92. The van der Waals surface area contributed by atoms with Crippen LogP contribution in [-0.4, -0.2) is 0 Å². The average Bonchev–Trinajstić information content (AvgIpc) is 2.65. The lowest BCUT2D eigenvalue weighted by atomic mass is 9.94. The largest absolute Gasteiger partial charge is 0.0819 e. The molecule has 0 amide bonds. The highest BCUT2D eigenvalue weighted by molar-refractivity contribution is 5.19. The maximum absolute atomic E-state index is 2.59. The molecular weight excluding hydrogens is 144 g/mol. The molecule has 0 heteroatoms. The van der Waals surface area contributed by atoms with Crippen LogP contribution in [0.4, 0.5) is 0 Å². The molecule has 0 aromatic heterocycles. The first-order valence-corrected chi connectivity index (χ1v) is 5.60. The first-order chi connectivity index (χ1) is 5.90. The van der Waals surface area contributed by atoms with Crippen molar-refractivity contribution in [2.24, 2.45) is 11.8 Å². The molecular formula is C12H20. The van der Waals surface area contributed by atoms with Gasteiger partial charge in [-0.05, 0) is 43.9 Å². The van der Waals surface area contributed by atoms with Crippen LogP contribution in [0.1, 0.15) is 51.9 Å². The third kappa shape index (κ3) is 1.57. The van der Waals surface area contributed by atoms with Crippen molar-refractivity contribution >= 4 is 0 Å². The number of rotatable bonds is 4. The summed E-state index contributed by atoms with van der Waals surface area (Å²) < 4.78 is 0. The van der Waals surface area contributed by atoms with Crippen LogP contribution in [0.5, 0.6) is 0 Å². The van der Waals surface area contributed by atoms with Crippen LogP contribution >= 0.6 is 0 Å². The van der Waals surface area contributed by atoms with E-state index in [0.29, 0.717) is 0 Å². The van der Waals surface area contributed by atoms with Crippen molar-refractivity contribution < 1.29 is 0 Å². The minimum atomic E-state index is 0.992. The minimum absolute atomic E-state index is 0.992. The number of unbranched alkanes of at least 4 members (excludes halogenated alkanes) is 2. The molecule has 2 atom stereocenters. The standard InChI is InChI=1S/C12H20/c1-2-3-4-5-11-8-10-6-7-12(11)9-10/h8,10,12H,2-7,9H2,1H3. The van der Waals surface area contributed by atoms with E-state index in [-0.39, 0.29) is 0 Å². The van der Waals surface area contributed by atoms with Gasteiger partial charge >= 0.3 is 0 Å². The Hall–Kier alpha value is -0.260. The van der Waals surface area contributed by atoms with Crippen molar-refractivity contribution in [1.29, 1.82) is 0 Å². The third-order valence-corrected chi connectivity index (χ3v) is 3.52. The molecule has 0 saturated heterocycles. The fourth-order valence-corrected chi connectivity index (χ4v) is 2.81. The maximum atomic E-state index is 2.59. The van der Waals surface area contributed by atoms with Crippen LogP contribution in [0, 0.1) is 11.8 Å². The lowest BCUT2D eigenvalue weighted by Crippen LogP contribution is -1.96. The molecule has 0 N–H and O–H groups in total. The van der Waals surface area contributed by atoms with Crippen LogP contribution in [0.3, 0.4) is 0 Å². The van der Waals surface area contributed by atoms with E-state index in [9.17, 15) is 0 Å². The van der Waals surface area contributed by atoms with Crippen molar-refractivity contribution in [2.45, 2.75) is 51.9 Å². The molecule has 2 unspecified atom stereocenters. The smallest absolute Gasteiger partial charge is 0.0197 e. The monoisotopic (exact) mass is 164 g/mol. The van der Waals surface area contributed by atoms with Gasteiger partial charge in [-0.25, -0.2) is 0 Å². The topological polar surface area (TPSA) is 0 Å². The highest BCUT2D eigenvalue weighted by atomic mass is 14.4. The molecule has 2 rings (SSSR count). The zero-order valence-corrected chi connectivity index (χ0v) is 8.18. The molecule has 2 aliphatic carbocycles. The number of allylic oxidation sites excluding steroid dienone is 2. The maximum Gasteiger partial charge on any atom is -0.0197 e. The van der Waals surface area contributed by atoms with Gasteiger partial charge in [0.2, 0.25) is 0 Å². The van der Waals surface area contributed by atoms with Crippen molar-refractivity contribution in [3.8, 4) is 0 Å². The zero-order chi connectivity index (χ0) is 8.39. The molecule has 0 aromatic rings. The van der Waals surface area contributed by atoms with Crippen molar-refractivity contribution in [3.05, 3.63) is 11.6 Å². The molecule has 1 saturated carbocycles. The molecule has 0 spiro atoms. The van der Waals surface area contributed by atoms with Crippen LogP contribution in [-0.2, 0) is 0 Å². The average molecular weight is 164 g/mol. The molecule has 0 aliphatic heterocycles. The van der Waals surface area contributed by atoms with Crippen molar-refractivity contribution in [2.75, 3.05) is 0 Å². The van der Waals surface area contributed by atoms with Crippen molar-refractivity contribution in [1.82, 2.24) is 0 Å². The SMILES string of the molecule is CCCCCC1=CC2CCC1C2. The summed E-state index contributed by atoms with van der Waals surface area (Å²) in [6, 6.07) is 0. The second kappa shape index (κ2) is 3.64. The second-order valence-corrected chi connectivity index (χ2v) is 4.47. The van der Waals surface area contributed by atoms with Crippen LogP contribution in [0.2, 0.25) is 0 Å². The van der Waals surface area contributed by atoms with Crippen LogP contribution < -0.4 is 0 Å². The Bertz CT molecular complexity index is 178. The van der Waals surface area contributed by atoms with Crippen LogP contribution in [0.15, 0.2) is 11.6 Å². The van der Waals surface area contributed by atoms with E-state index in [1.54, 1.807) is 0 Å². The first kappa shape index (κ1) is 8.34.